The Morgan fingerprint density at radius 2 is 2.50 bits per heavy atom. The van der Waals surface area contributed by atoms with E-state index < -0.39 is 0 Å². The maximum Gasteiger partial charge on any atom is 0.111 e. The molecule has 0 bridgehead atoms. The van der Waals surface area contributed by atoms with Gasteiger partial charge in [-0.05, 0) is 25.4 Å². The van der Waals surface area contributed by atoms with E-state index in [0.29, 0.717) is 5.92 Å². The fourth-order valence-electron chi connectivity index (χ4n) is 2.12. The monoisotopic (exact) mass is 193 g/mol. The molecular formula is C11H19N3. The molecule has 3 nitrogen and oxygen atoms in total. The number of hydrogen-bond acceptors (Lipinski definition) is 2. The van der Waals surface area contributed by atoms with Gasteiger partial charge in [0.1, 0.15) is 5.82 Å². The highest BCUT2D eigenvalue weighted by Gasteiger charge is 2.16. The number of nitrogens with zero attached hydrogens (tertiary/aromatic N) is 2. The third kappa shape index (κ3) is 1.98. The molecule has 0 radical (unpaired) electrons. The van der Waals surface area contributed by atoms with Crippen molar-refractivity contribution in [3.05, 3.63) is 18.2 Å². The second kappa shape index (κ2) is 4.13. The minimum atomic E-state index is 0.527. The van der Waals surface area contributed by atoms with Crippen molar-refractivity contribution in [2.75, 3.05) is 13.1 Å². The summed E-state index contributed by atoms with van der Waals surface area (Å²) >= 11 is 0. The highest BCUT2D eigenvalue weighted by molar-refractivity contribution is 4.98. The Hall–Kier alpha value is -0.830. The van der Waals surface area contributed by atoms with Crippen LogP contribution in [0.15, 0.2) is 12.4 Å². The van der Waals surface area contributed by atoms with E-state index in [4.69, 9.17) is 0 Å². The molecule has 1 aliphatic rings. The molecule has 0 aliphatic carbocycles. The van der Waals surface area contributed by atoms with Crippen molar-refractivity contribution in [2.24, 2.45) is 5.92 Å². The van der Waals surface area contributed by atoms with E-state index in [1.807, 2.05) is 6.20 Å². The van der Waals surface area contributed by atoms with Crippen LogP contribution < -0.4 is 5.32 Å². The fraction of sp³-hybridized carbons (Fsp3) is 0.727. The predicted molar refractivity (Wildman–Crippen MR) is 57.3 cm³/mol. The smallest absolute Gasteiger partial charge is 0.111 e. The Kier molecular flexibility index (Phi) is 2.87. The highest BCUT2D eigenvalue weighted by atomic mass is 15.1. The normalized spacial score (nSPS) is 22.1. The molecule has 2 heterocycles. The maximum atomic E-state index is 4.40. The van der Waals surface area contributed by atoms with Crippen LogP contribution in [0.5, 0.6) is 0 Å². The lowest BCUT2D eigenvalue weighted by atomic mass is 10.1. The third-order valence-electron chi connectivity index (χ3n) is 2.88. The molecule has 1 aromatic heterocycles. The first-order chi connectivity index (χ1) is 6.77. The van der Waals surface area contributed by atoms with Gasteiger partial charge in [-0.3, -0.25) is 0 Å². The van der Waals surface area contributed by atoms with Crippen LogP contribution >= 0.6 is 0 Å². The summed E-state index contributed by atoms with van der Waals surface area (Å²) in [5.41, 5.74) is 0. The second-order valence-electron chi connectivity index (χ2n) is 4.45. The van der Waals surface area contributed by atoms with Crippen LogP contribution in [0.4, 0.5) is 0 Å². The quantitative estimate of drug-likeness (QED) is 0.790. The molecule has 3 heteroatoms. The first-order valence-corrected chi connectivity index (χ1v) is 5.49. The van der Waals surface area contributed by atoms with Crippen LogP contribution in [0.1, 0.15) is 32.0 Å². The van der Waals surface area contributed by atoms with E-state index in [-0.39, 0.29) is 0 Å². The average Bonchev–Trinajstić information content (AvgIpc) is 2.75. The summed E-state index contributed by atoms with van der Waals surface area (Å²) in [5, 5.41) is 3.40. The lowest BCUT2D eigenvalue weighted by Crippen LogP contribution is -2.16. The Balaban J connectivity index is 2.04. The Labute approximate surface area is 85.5 Å². The van der Waals surface area contributed by atoms with Gasteiger partial charge in [0.05, 0.1) is 0 Å². The summed E-state index contributed by atoms with van der Waals surface area (Å²) < 4.78 is 2.31. The van der Waals surface area contributed by atoms with Crippen molar-refractivity contribution in [3.63, 3.8) is 0 Å². The van der Waals surface area contributed by atoms with Gasteiger partial charge in [0.15, 0.2) is 0 Å². The molecule has 0 amide bonds. The van der Waals surface area contributed by atoms with E-state index in [1.165, 1.54) is 18.8 Å². The topological polar surface area (TPSA) is 29.9 Å². The Morgan fingerprint density at radius 1 is 1.64 bits per heavy atom. The molecule has 0 saturated carbocycles. The first-order valence-electron chi connectivity index (χ1n) is 5.49. The summed E-state index contributed by atoms with van der Waals surface area (Å²) in [6.07, 6.45) is 5.32. The van der Waals surface area contributed by atoms with Crippen molar-refractivity contribution in [1.82, 2.24) is 14.9 Å². The summed E-state index contributed by atoms with van der Waals surface area (Å²) in [6, 6.07) is 0. The number of aromatic nitrogens is 2. The van der Waals surface area contributed by atoms with Gasteiger partial charge in [0, 0.05) is 24.9 Å². The molecule has 1 atom stereocenters. The largest absolute Gasteiger partial charge is 0.334 e. The van der Waals surface area contributed by atoms with Gasteiger partial charge in [-0.2, -0.15) is 0 Å². The summed E-state index contributed by atoms with van der Waals surface area (Å²) in [5.74, 6) is 2.54. The van der Waals surface area contributed by atoms with Gasteiger partial charge >= 0.3 is 0 Å². The van der Waals surface area contributed by atoms with Crippen molar-refractivity contribution in [3.8, 4) is 0 Å². The second-order valence-corrected chi connectivity index (χ2v) is 4.45. The zero-order valence-corrected chi connectivity index (χ0v) is 9.03. The first kappa shape index (κ1) is 9.71. The van der Waals surface area contributed by atoms with E-state index in [1.54, 1.807) is 0 Å². The number of nitrogens with one attached hydrogen (secondary N) is 1. The standard InChI is InChI=1S/C11H19N3/c1-9(2)11-13-5-6-14(11)8-10-3-4-12-7-10/h5-6,9-10,12H,3-4,7-8H2,1-2H3. The Bertz CT molecular complexity index is 284. The molecule has 78 valence electrons. The molecule has 1 fully saturated rings. The molecule has 1 N–H and O–H groups in total. The van der Waals surface area contributed by atoms with Crippen molar-refractivity contribution >= 4 is 0 Å². The highest BCUT2D eigenvalue weighted by Crippen LogP contribution is 2.16. The third-order valence-corrected chi connectivity index (χ3v) is 2.88. The Morgan fingerprint density at radius 3 is 3.14 bits per heavy atom. The van der Waals surface area contributed by atoms with Gasteiger partial charge in [-0.15, -0.1) is 0 Å². The zero-order chi connectivity index (χ0) is 9.97. The van der Waals surface area contributed by atoms with Crippen molar-refractivity contribution in [2.45, 2.75) is 32.7 Å². The van der Waals surface area contributed by atoms with E-state index in [2.05, 4.69) is 34.9 Å². The van der Waals surface area contributed by atoms with Gasteiger partial charge in [-0.25, -0.2) is 4.98 Å². The van der Waals surface area contributed by atoms with E-state index in [0.717, 1.165) is 19.0 Å². The van der Waals surface area contributed by atoms with Crippen LogP contribution in [-0.2, 0) is 6.54 Å². The minimum Gasteiger partial charge on any atom is -0.334 e. The lowest BCUT2D eigenvalue weighted by Gasteiger charge is -2.13. The predicted octanol–water partition coefficient (Wildman–Crippen LogP) is 1.62. The molecule has 2 rings (SSSR count). The molecule has 1 saturated heterocycles. The minimum absolute atomic E-state index is 0.527. The van der Waals surface area contributed by atoms with Crippen LogP contribution in [0.25, 0.3) is 0 Å². The van der Waals surface area contributed by atoms with Gasteiger partial charge in [0.2, 0.25) is 0 Å². The zero-order valence-electron chi connectivity index (χ0n) is 9.03. The number of rotatable bonds is 3. The molecule has 1 unspecified atom stereocenters. The molecule has 0 spiro atoms. The van der Waals surface area contributed by atoms with Crippen molar-refractivity contribution in [1.29, 1.82) is 0 Å². The van der Waals surface area contributed by atoms with Gasteiger partial charge < -0.3 is 9.88 Å². The average molecular weight is 193 g/mol. The molecular weight excluding hydrogens is 174 g/mol. The van der Waals surface area contributed by atoms with Crippen LogP contribution in [-0.4, -0.2) is 22.6 Å². The van der Waals surface area contributed by atoms with Gasteiger partial charge in [-0.1, -0.05) is 13.8 Å². The number of imidazole rings is 1. The maximum absolute atomic E-state index is 4.40. The lowest BCUT2D eigenvalue weighted by molar-refractivity contribution is 0.463. The summed E-state index contributed by atoms with van der Waals surface area (Å²) in [7, 11) is 0. The van der Waals surface area contributed by atoms with E-state index in [9.17, 15) is 0 Å². The van der Waals surface area contributed by atoms with Gasteiger partial charge in [0.25, 0.3) is 0 Å². The summed E-state index contributed by atoms with van der Waals surface area (Å²) in [4.78, 5) is 4.40. The SMILES string of the molecule is CC(C)c1nccn1CC1CCNC1. The fourth-order valence-corrected chi connectivity index (χ4v) is 2.12. The molecule has 1 aromatic rings. The van der Waals surface area contributed by atoms with E-state index >= 15 is 0 Å². The number of hydrogen-bond donors (Lipinski definition) is 1. The summed E-state index contributed by atoms with van der Waals surface area (Å²) in [6.45, 7) is 7.87. The van der Waals surface area contributed by atoms with Crippen LogP contribution in [0, 0.1) is 5.92 Å². The molecule has 1 aliphatic heterocycles. The van der Waals surface area contributed by atoms with Crippen LogP contribution in [0.3, 0.4) is 0 Å². The molecule has 0 aromatic carbocycles. The van der Waals surface area contributed by atoms with Crippen molar-refractivity contribution < 1.29 is 0 Å². The van der Waals surface area contributed by atoms with Crippen LogP contribution in [0.2, 0.25) is 0 Å². The molecule has 14 heavy (non-hydrogen) atoms.